The summed E-state index contributed by atoms with van der Waals surface area (Å²) in [7, 11) is 0. The van der Waals surface area contributed by atoms with E-state index in [2.05, 4.69) is 12.2 Å². The van der Waals surface area contributed by atoms with Crippen molar-refractivity contribution in [2.75, 3.05) is 0 Å². The molecule has 0 aromatic rings. The van der Waals surface area contributed by atoms with Crippen molar-refractivity contribution in [2.45, 2.75) is 110 Å². The van der Waals surface area contributed by atoms with Crippen LogP contribution in [0.15, 0.2) is 0 Å². The molecule has 0 aromatic carbocycles. The van der Waals surface area contributed by atoms with Crippen LogP contribution in [-0.2, 0) is 9.59 Å². The van der Waals surface area contributed by atoms with Crippen LogP contribution in [0.1, 0.15) is 106 Å². The fraction of sp³-hybridized carbons (Fsp3) is 0.900. The van der Waals surface area contributed by atoms with Crippen LogP contribution in [0.3, 0.4) is 0 Å². The summed E-state index contributed by atoms with van der Waals surface area (Å²) in [6.45, 7) is 6.05. The molecule has 25 heavy (non-hydrogen) atoms. The van der Waals surface area contributed by atoms with Crippen LogP contribution >= 0.6 is 0 Å². The standard InChI is InChI=1S/C20H39NO3.Na.H/c1-4-6-7-8-9-10-11-12-13-14-15-16-18(22)21-19(20(23)24)17(3)5-2;;/h17,19H,4-16H2,1-3H3,(H,21,22)(H,23,24);;/q;+1;-1/t17-,19-;;/m0../s1. The van der Waals surface area contributed by atoms with Crippen molar-refractivity contribution in [3.8, 4) is 0 Å². The zero-order valence-electron chi connectivity index (χ0n) is 18.1. The fourth-order valence-corrected chi connectivity index (χ4v) is 2.88. The van der Waals surface area contributed by atoms with Gasteiger partial charge in [0.15, 0.2) is 0 Å². The molecular weight excluding hydrogens is 325 g/mol. The van der Waals surface area contributed by atoms with Gasteiger partial charge in [0.05, 0.1) is 0 Å². The van der Waals surface area contributed by atoms with Crippen LogP contribution in [-0.4, -0.2) is 23.0 Å². The summed E-state index contributed by atoms with van der Waals surface area (Å²) in [5.74, 6) is -1.10. The van der Waals surface area contributed by atoms with Gasteiger partial charge in [0.2, 0.25) is 5.91 Å². The van der Waals surface area contributed by atoms with Gasteiger partial charge in [0.25, 0.3) is 0 Å². The summed E-state index contributed by atoms with van der Waals surface area (Å²) in [5.41, 5.74) is 0. The Bertz CT molecular complexity index is 343. The SMILES string of the molecule is CCCCCCCCCCCCCC(=O)N[C@H](C(=O)O)[C@@H](C)CC.[H-].[Na+]. The molecule has 0 spiro atoms. The smallest absolute Gasteiger partial charge is 1.00 e. The minimum absolute atomic E-state index is 0. The largest absolute Gasteiger partial charge is 1.00 e. The number of carbonyl (C=O) groups excluding carboxylic acids is 1. The molecule has 1 amide bonds. The fourth-order valence-electron chi connectivity index (χ4n) is 2.88. The maximum atomic E-state index is 11.9. The number of hydrogen-bond donors (Lipinski definition) is 2. The van der Waals surface area contributed by atoms with Gasteiger partial charge in [0.1, 0.15) is 6.04 Å². The second kappa shape index (κ2) is 18.7. The van der Waals surface area contributed by atoms with Crippen molar-refractivity contribution in [3.63, 3.8) is 0 Å². The summed E-state index contributed by atoms with van der Waals surface area (Å²) in [6.07, 6.45) is 14.9. The van der Waals surface area contributed by atoms with Crippen LogP contribution in [0, 0.1) is 5.92 Å². The van der Waals surface area contributed by atoms with Gasteiger partial charge in [-0.15, -0.1) is 0 Å². The van der Waals surface area contributed by atoms with E-state index in [1.54, 1.807) is 0 Å². The van der Waals surface area contributed by atoms with Crippen molar-refractivity contribution in [1.82, 2.24) is 5.32 Å². The number of carboxylic acid groups (broad SMARTS) is 1. The molecule has 0 rings (SSSR count). The Kier molecular flexibility index (Phi) is 20.3. The Morgan fingerprint density at radius 1 is 0.880 bits per heavy atom. The zero-order valence-corrected chi connectivity index (χ0v) is 19.1. The number of nitrogens with one attached hydrogen (secondary N) is 1. The van der Waals surface area contributed by atoms with Gasteiger partial charge in [-0.05, 0) is 12.3 Å². The van der Waals surface area contributed by atoms with Gasteiger partial charge in [-0.25, -0.2) is 4.79 Å². The van der Waals surface area contributed by atoms with Crippen LogP contribution < -0.4 is 34.9 Å². The van der Waals surface area contributed by atoms with Gasteiger partial charge in [-0.3, -0.25) is 4.79 Å². The first-order chi connectivity index (χ1) is 11.5. The maximum Gasteiger partial charge on any atom is 1.00 e. The van der Waals surface area contributed by atoms with Gasteiger partial charge in [0, 0.05) is 6.42 Å². The number of carboxylic acids is 1. The Hall–Kier alpha value is -0.0600. The van der Waals surface area contributed by atoms with E-state index in [9.17, 15) is 9.59 Å². The quantitative estimate of drug-likeness (QED) is 0.326. The van der Waals surface area contributed by atoms with E-state index >= 15 is 0 Å². The number of unbranched alkanes of at least 4 members (excludes halogenated alkanes) is 10. The molecule has 0 fully saturated rings. The Morgan fingerprint density at radius 2 is 1.32 bits per heavy atom. The number of aliphatic carboxylic acids is 1. The molecule has 0 saturated heterocycles. The third-order valence-corrected chi connectivity index (χ3v) is 4.80. The molecular formula is C20H40NNaO3. The summed E-state index contributed by atoms with van der Waals surface area (Å²) in [4.78, 5) is 23.0. The summed E-state index contributed by atoms with van der Waals surface area (Å²) in [5, 5.41) is 11.8. The summed E-state index contributed by atoms with van der Waals surface area (Å²) in [6, 6.07) is -0.754. The molecule has 0 aromatic heterocycles. The van der Waals surface area contributed by atoms with Crippen LogP contribution in [0.4, 0.5) is 0 Å². The van der Waals surface area contributed by atoms with E-state index in [-0.39, 0.29) is 42.8 Å². The molecule has 2 N–H and O–H groups in total. The zero-order chi connectivity index (χ0) is 18.2. The minimum atomic E-state index is -0.934. The van der Waals surface area contributed by atoms with Crippen molar-refractivity contribution in [2.24, 2.45) is 5.92 Å². The topological polar surface area (TPSA) is 66.4 Å². The van der Waals surface area contributed by atoms with Crippen molar-refractivity contribution < 1.29 is 45.7 Å². The van der Waals surface area contributed by atoms with E-state index in [1.165, 1.54) is 57.8 Å². The molecule has 144 valence electrons. The minimum Gasteiger partial charge on any atom is -1.00 e. The predicted molar refractivity (Wildman–Crippen MR) is 101 cm³/mol. The van der Waals surface area contributed by atoms with Gasteiger partial charge in [-0.2, -0.15) is 0 Å². The van der Waals surface area contributed by atoms with E-state index < -0.39 is 12.0 Å². The first-order valence-corrected chi connectivity index (χ1v) is 10.0. The van der Waals surface area contributed by atoms with E-state index in [1.807, 2.05) is 13.8 Å². The monoisotopic (exact) mass is 365 g/mol. The van der Waals surface area contributed by atoms with Crippen LogP contribution in [0.2, 0.25) is 0 Å². The molecule has 0 unspecified atom stereocenters. The number of rotatable bonds is 16. The summed E-state index contributed by atoms with van der Waals surface area (Å²) >= 11 is 0. The average molecular weight is 366 g/mol. The van der Waals surface area contributed by atoms with Crippen molar-refractivity contribution in [1.29, 1.82) is 0 Å². The average Bonchev–Trinajstić information content (AvgIpc) is 2.56. The third-order valence-electron chi connectivity index (χ3n) is 4.80. The van der Waals surface area contributed by atoms with Gasteiger partial charge < -0.3 is 11.8 Å². The first-order valence-electron chi connectivity index (χ1n) is 10.0. The molecule has 0 bridgehead atoms. The number of amides is 1. The van der Waals surface area contributed by atoms with Gasteiger partial charge in [-0.1, -0.05) is 91.4 Å². The Balaban J connectivity index is -0.00000264. The third kappa shape index (κ3) is 15.9. The number of carbonyl (C=O) groups is 2. The van der Waals surface area contributed by atoms with E-state index in [0.717, 1.165) is 19.3 Å². The van der Waals surface area contributed by atoms with Gasteiger partial charge >= 0.3 is 35.5 Å². The second-order valence-electron chi connectivity index (χ2n) is 7.05. The van der Waals surface area contributed by atoms with E-state index in [0.29, 0.717) is 6.42 Å². The van der Waals surface area contributed by atoms with E-state index in [4.69, 9.17) is 5.11 Å². The molecule has 0 aliphatic rings. The maximum absolute atomic E-state index is 11.9. The van der Waals surface area contributed by atoms with Crippen molar-refractivity contribution >= 4 is 11.9 Å². The molecule has 0 radical (unpaired) electrons. The predicted octanol–water partition coefficient (Wildman–Crippen LogP) is 2.42. The van der Waals surface area contributed by atoms with Crippen LogP contribution in [0.25, 0.3) is 0 Å². The number of hydrogen-bond acceptors (Lipinski definition) is 2. The second-order valence-corrected chi connectivity index (χ2v) is 7.05. The Morgan fingerprint density at radius 3 is 1.72 bits per heavy atom. The molecule has 5 heteroatoms. The van der Waals surface area contributed by atoms with Crippen LogP contribution in [0.5, 0.6) is 0 Å². The molecule has 0 aliphatic carbocycles. The molecule has 2 atom stereocenters. The molecule has 0 saturated carbocycles. The molecule has 0 heterocycles. The Labute approximate surface area is 178 Å². The summed E-state index contributed by atoms with van der Waals surface area (Å²) < 4.78 is 0. The normalized spacial score (nSPS) is 12.9. The molecule has 0 aliphatic heterocycles. The van der Waals surface area contributed by atoms with Crippen molar-refractivity contribution in [3.05, 3.63) is 0 Å². The first kappa shape index (κ1) is 27.2. The molecule has 4 nitrogen and oxygen atoms in total.